The summed E-state index contributed by atoms with van der Waals surface area (Å²) in [6.45, 7) is 3.55. The minimum absolute atomic E-state index is 0.0493. The Balaban J connectivity index is 1.54. The number of carbonyl (C=O) groups excluding carboxylic acids is 1. The molecule has 1 amide bonds. The van der Waals surface area contributed by atoms with E-state index in [4.69, 9.17) is 0 Å². The standard InChI is InChI=1S/C19H22N2O3S2/c1-16-6-5-7-17(14-16)25-15-19(22)20-10-12-21(13-11-20)26(23,24)18-8-3-2-4-9-18/h2-9,14H,10-13,15H2,1H3. The van der Waals surface area contributed by atoms with E-state index < -0.39 is 10.0 Å². The quantitative estimate of drug-likeness (QED) is 0.737. The molecular formula is C19H22N2O3S2. The molecule has 1 saturated heterocycles. The van der Waals surface area contributed by atoms with E-state index in [0.29, 0.717) is 36.8 Å². The maximum Gasteiger partial charge on any atom is 0.243 e. The molecule has 3 rings (SSSR count). The zero-order chi connectivity index (χ0) is 18.6. The van der Waals surface area contributed by atoms with Crippen molar-refractivity contribution in [1.29, 1.82) is 0 Å². The number of benzene rings is 2. The number of thioether (sulfide) groups is 1. The van der Waals surface area contributed by atoms with Gasteiger partial charge in [0.25, 0.3) is 0 Å². The summed E-state index contributed by atoms with van der Waals surface area (Å²) in [7, 11) is -3.48. The first kappa shape index (κ1) is 18.9. The zero-order valence-corrected chi connectivity index (χ0v) is 16.3. The summed E-state index contributed by atoms with van der Waals surface area (Å²) in [5.74, 6) is 0.419. The summed E-state index contributed by atoms with van der Waals surface area (Å²) in [6.07, 6.45) is 0. The Kier molecular flexibility index (Phi) is 6.01. The van der Waals surface area contributed by atoms with Gasteiger partial charge in [0.05, 0.1) is 10.6 Å². The maximum absolute atomic E-state index is 12.6. The van der Waals surface area contributed by atoms with Crippen LogP contribution < -0.4 is 0 Å². The second-order valence-electron chi connectivity index (χ2n) is 6.20. The number of piperazine rings is 1. The average molecular weight is 391 g/mol. The van der Waals surface area contributed by atoms with Crippen LogP contribution in [0, 0.1) is 6.92 Å². The van der Waals surface area contributed by atoms with Crippen molar-refractivity contribution in [3.05, 3.63) is 60.2 Å². The molecule has 1 aliphatic heterocycles. The van der Waals surface area contributed by atoms with E-state index in [1.165, 1.54) is 21.6 Å². The molecule has 0 N–H and O–H groups in total. The third-order valence-corrected chi connectivity index (χ3v) is 7.22. The first-order valence-corrected chi connectivity index (χ1v) is 10.9. The van der Waals surface area contributed by atoms with Crippen molar-refractivity contribution in [3.63, 3.8) is 0 Å². The van der Waals surface area contributed by atoms with Gasteiger partial charge < -0.3 is 4.90 Å². The summed E-state index contributed by atoms with van der Waals surface area (Å²) in [5, 5.41) is 0. The van der Waals surface area contributed by atoms with Crippen LogP contribution >= 0.6 is 11.8 Å². The van der Waals surface area contributed by atoms with Gasteiger partial charge in [0, 0.05) is 31.1 Å². The lowest BCUT2D eigenvalue weighted by Gasteiger charge is -2.34. The minimum atomic E-state index is -3.48. The number of nitrogens with zero attached hydrogens (tertiary/aromatic N) is 2. The molecule has 1 heterocycles. The lowest BCUT2D eigenvalue weighted by molar-refractivity contribution is -0.129. The molecular weight excluding hydrogens is 368 g/mol. The Labute approximate surface area is 159 Å². The van der Waals surface area contributed by atoms with Crippen molar-refractivity contribution in [2.45, 2.75) is 16.7 Å². The highest BCUT2D eigenvalue weighted by Crippen LogP contribution is 2.21. The van der Waals surface area contributed by atoms with E-state index in [-0.39, 0.29) is 5.91 Å². The van der Waals surface area contributed by atoms with Crippen molar-refractivity contribution in [3.8, 4) is 0 Å². The maximum atomic E-state index is 12.6. The third kappa shape index (κ3) is 4.47. The van der Waals surface area contributed by atoms with E-state index >= 15 is 0 Å². The Morgan fingerprint density at radius 3 is 2.35 bits per heavy atom. The van der Waals surface area contributed by atoms with Gasteiger partial charge in [0.1, 0.15) is 0 Å². The zero-order valence-electron chi connectivity index (χ0n) is 14.7. The Hall–Kier alpha value is -1.83. The molecule has 1 aliphatic rings. The van der Waals surface area contributed by atoms with Crippen LogP contribution in [0.25, 0.3) is 0 Å². The Morgan fingerprint density at radius 1 is 1.00 bits per heavy atom. The highest BCUT2D eigenvalue weighted by molar-refractivity contribution is 8.00. The summed E-state index contributed by atoms with van der Waals surface area (Å²) in [6, 6.07) is 16.5. The van der Waals surface area contributed by atoms with Crippen LogP contribution in [-0.2, 0) is 14.8 Å². The second-order valence-corrected chi connectivity index (χ2v) is 9.19. The van der Waals surface area contributed by atoms with Gasteiger partial charge >= 0.3 is 0 Å². The van der Waals surface area contributed by atoms with Crippen LogP contribution in [0.4, 0.5) is 0 Å². The number of sulfonamides is 1. The van der Waals surface area contributed by atoms with E-state index in [1.54, 1.807) is 35.2 Å². The summed E-state index contributed by atoms with van der Waals surface area (Å²) < 4.78 is 26.7. The number of aryl methyl sites for hydroxylation is 1. The monoisotopic (exact) mass is 390 g/mol. The van der Waals surface area contributed by atoms with Gasteiger partial charge in [0.15, 0.2) is 0 Å². The minimum Gasteiger partial charge on any atom is -0.339 e. The molecule has 0 bridgehead atoms. The molecule has 0 atom stereocenters. The Bertz CT molecular complexity index is 861. The van der Waals surface area contributed by atoms with Gasteiger partial charge in [-0.05, 0) is 31.2 Å². The topological polar surface area (TPSA) is 57.7 Å². The molecule has 2 aromatic rings. The van der Waals surface area contributed by atoms with Gasteiger partial charge in [-0.25, -0.2) is 8.42 Å². The molecule has 0 radical (unpaired) electrons. The van der Waals surface area contributed by atoms with Crippen molar-refractivity contribution in [2.24, 2.45) is 0 Å². The highest BCUT2D eigenvalue weighted by atomic mass is 32.2. The molecule has 7 heteroatoms. The van der Waals surface area contributed by atoms with Gasteiger partial charge in [-0.1, -0.05) is 35.9 Å². The van der Waals surface area contributed by atoms with Gasteiger partial charge in [-0.2, -0.15) is 4.31 Å². The first-order valence-electron chi connectivity index (χ1n) is 8.49. The molecule has 0 aromatic heterocycles. The van der Waals surface area contributed by atoms with Crippen LogP contribution in [0.2, 0.25) is 0 Å². The van der Waals surface area contributed by atoms with Gasteiger partial charge in [-0.3, -0.25) is 4.79 Å². The van der Waals surface area contributed by atoms with Crippen molar-refractivity contribution in [2.75, 3.05) is 31.9 Å². The predicted molar refractivity (Wildman–Crippen MR) is 104 cm³/mol. The van der Waals surface area contributed by atoms with Crippen LogP contribution in [-0.4, -0.2) is 55.5 Å². The number of amides is 1. The molecule has 1 fully saturated rings. The molecule has 0 saturated carbocycles. The number of hydrogen-bond acceptors (Lipinski definition) is 4. The fourth-order valence-electron chi connectivity index (χ4n) is 2.86. The molecule has 5 nitrogen and oxygen atoms in total. The highest BCUT2D eigenvalue weighted by Gasteiger charge is 2.29. The largest absolute Gasteiger partial charge is 0.339 e. The second kappa shape index (κ2) is 8.24. The molecule has 138 valence electrons. The molecule has 26 heavy (non-hydrogen) atoms. The summed E-state index contributed by atoms with van der Waals surface area (Å²) >= 11 is 1.52. The fourth-order valence-corrected chi connectivity index (χ4v) is 5.22. The van der Waals surface area contributed by atoms with E-state index in [9.17, 15) is 13.2 Å². The molecule has 0 aliphatic carbocycles. The molecule has 0 spiro atoms. The average Bonchev–Trinajstić information content (AvgIpc) is 2.67. The molecule has 0 unspecified atom stereocenters. The number of carbonyl (C=O) groups is 1. The van der Waals surface area contributed by atoms with Gasteiger partial charge in [-0.15, -0.1) is 11.8 Å². The molecule has 2 aromatic carbocycles. The van der Waals surface area contributed by atoms with Crippen LogP contribution in [0.5, 0.6) is 0 Å². The normalized spacial score (nSPS) is 15.8. The van der Waals surface area contributed by atoms with E-state index in [0.717, 1.165) is 4.90 Å². The SMILES string of the molecule is Cc1cccc(SCC(=O)N2CCN(S(=O)(=O)c3ccccc3)CC2)c1. The van der Waals surface area contributed by atoms with E-state index in [2.05, 4.69) is 6.07 Å². The Morgan fingerprint density at radius 2 is 1.69 bits per heavy atom. The van der Waals surface area contributed by atoms with Gasteiger partial charge in [0.2, 0.25) is 15.9 Å². The van der Waals surface area contributed by atoms with Crippen molar-refractivity contribution < 1.29 is 13.2 Å². The van der Waals surface area contributed by atoms with Crippen molar-refractivity contribution >= 4 is 27.7 Å². The summed E-state index contributed by atoms with van der Waals surface area (Å²) in [5.41, 5.74) is 1.17. The summed E-state index contributed by atoms with van der Waals surface area (Å²) in [4.78, 5) is 15.5. The smallest absolute Gasteiger partial charge is 0.243 e. The number of rotatable bonds is 5. The number of hydrogen-bond donors (Lipinski definition) is 0. The van der Waals surface area contributed by atoms with E-state index in [1.807, 2.05) is 25.1 Å². The van der Waals surface area contributed by atoms with Crippen LogP contribution in [0.3, 0.4) is 0 Å². The van der Waals surface area contributed by atoms with Crippen molar-refractivity contribution in [1.82, 2.24) is 9.21 Å². The first-order chi connectivity index (χ1) is 12.5. The lowest BCUT2D eigenvalue weighted by atomic mass is 10.2. The lowest BCUT2D eigenvalue weighted by Crippen LogP contribution is -2.50. The predicted octanol–water partition coefficient (Wildman–Crippen LogP) is 2.62. The van der Waals surface area contributed by atoms with Crippen LogP contribution in [0.1, 0.15) is 5.56 Å². The third-order valence-electron chi connectivity index (χ3n) is 4.32. The fraction of sp³-hybridized carbons (Fsp3) is 0.316. The van der Waals surface area contributed by atoms with Crippen LogP contribution in [0.15, 0.2) is 64.4 Å².